The Morgan fingerprint density at radius 2 is 1.95 bits per heavy atom. The number of amides is 1. The Morgan fingerprint density at radius 1 is 1.26 bits per heavy atom. The lowest BCUT2D eigenvalue weighted by Gasteiger charge is -2.17. The van der Waals surface area contributed by atoms with Crippen molar-refractivity contribution in [2.45, 2.75) is 18.9 Å². The van der Waals surface area contributed by atoms with Crippen LogP contribution in [0.2, 0.25) is 0 Å². The third-order valence-electron chi connectivity index (χ3n) is 3.90. The van der Waals surface area contributed by atoms with Gasteiger partial charge in [0, 0.05) is 5.56 Å². The summed E-state index contributed by atoms with van der Waals surface area (Å²) in [7, 11) is 0. The Bertz CT molecular complexity index is 611. The Morgan fingerprint density at radius 3 is 2.58 bits per heavy atom. The molecule has 1 aromatic carbocycles. The summed E-state index contributed by atoms with van der Waals surface area (Å²) in [5, 5.41) is 10.2. The van der Waals surface area contributed by atoms with Crippen LogP contribution in [0.25, 0.3) is 0 Å². The molecule has 3 heteroatoms. The molecular formula is C16H15NO2. The highest BCUT2D eigenvalue weighted by Gasteiger charge is 2.65. The number of benzene rings is 1. The van der Waals surface area contributed by atoms with Gasteiger partial charge in [0.05, 0.1) is 16.7 Å². The van der Waals surface area contributed by atoms with Gasteiger partial charge in [-0.05, 0) is 31.6 Å². The van der Waals surface area contributed by atoms with Crippen LogP contribution in [0, 0.1) is 5.41 Å². The minimum Gasteiger partial charge on any atom is -0.389 e. The van der Waals surface area contributed by atoms with E-state index in [1.807, 2.05) is 42.5 Å². The van der Waals surface area contributed by atoms with Crippen LogP contribution < -0.4 is 0 Å². The summed E-state index contributed by atoms with van der Waals surface area (Å²) in [6.45, 7) is 1.78. The van der Waals surface area contributed by atoms with E-state index < -0.39 is 11.0 Å². The second kappa shape index (κ2) is 4.00. The fourth-order valence-electron chi connectivity index (χ4n) is 2.60. The van der Waals surface area contributed by atoms with Gasteiger partial charge < -0.3 is 5.11 Å². The molecule has 0 radical (unpaired) electrons. The molecule has 2 aliphatic rings. The smallest absolute Gasteiger partial charge is 0.277 e. The monoisotopic (exact) mass is 253 g/mol. The van der Waals surface area contributed by atoms with Gasteiger partial charge in [0.25, 0.3) is 5.91 Å². The number of hydrogen-bond donors (Lipinski definition) is 1. The molecule has 1 amide bonds. The Labute approximate surface area is 112 Å². The van der Waals surface area contributed by atoms with Crippen LogP contribution in [0.3, 0.4) is 0 Å². The van der Waals surface area contributed by atoms with Crippen molar-refractivity contribution in [2.24, 2.45) is 10.4 Å². The first-order valence-corrected chi connectivity index (χ1v) is 6.32. The molecule has 2 atom stereocenters. The zero-order valence-corrected chi connectivity index (χ0v) is 10.7. The van der Waals surface area contributed by atoms with E-state index in [9.17, 15) is 9.90 Å². The molecule has 2 unspecified atom stereocenters. The molecule has 1 spiro atoms. The number of rotatable bonds is 1. The highest BCUT2D eigenvalue weighted by molar-refractivity contribution is 6.13. The van der Waals surface area contributed by atoms with Crippen LogP contribution in [0.1, 0.15) is 23.7 Å². The number of carbonyl (C=O) groups excluding carboxylic acids is 1. The lowest BCUT2D eigenvalue weighted by Crippen LogP contribution is -2.25. The minimum absolute atomic E-state index is 0.266. The average molecular weight is 253 g/mol. The van der Waals surface area contributed by atoms with Gasteiger partial charge in [-0.1, -0.05) is 36.4 Å². The number of aliphatic hydroxyl groups is 1. The molecule has 0 aromatic heterocycles. The maximum absolute atomic E-state index is 12.1. The summed E-state index contributed by atoms with van der Waals surface area (Å²) in [6.07, 6.45) is 8.10. The van der Waals surface area contributed by atoms with Crippen LogP contribution in [0.4, 0.5) is 0 Å². The number of carbonyl (C=O) groups is 1. The normalized spacial score (nSPS) is 33.9. The first-order valence-electron chi connectivity index (χ1n) is 6.32. The van der Waals surface area contributed by atoms with Gasteiger partial charge in [-0.3, -0.25) is 4.79 Å². The van der Waals surface area contributed by atoms with Crippen molar-refractivity contribution in [1.82, 2.24) is 0 Å². The van der Waals surface area contributed by atoms with Crippen LogP contribution in [0.15, 0.2) is 59.6 Å². The standard InChI is InChI=1S/C16H15NO2/c1-15(19)11-16(15)10-6-5-9-13(16)17-14(18)12-7-3-2-4-8-12/h2-10,19H,11H2,1H3. The van der Waals surface area contributed by atoms with Crippen LogP contribution in [0.5, 0.6) is 0 Å². The second-order valence-electron chi connectivity index (χ2n) is 5.31. The van der Waals surface area contributed by atoms with Crippen molar-refractivity contribution in [1.29, 1.82) is 0 Å². The zero-order chi connectivity index (χ0) is 13.5. The van der Waals surface area contributed by atoms with Gasteiger partial charge in [0.15, 0.2) is 0 Å². The fraction of sp³-hybridized carbons (Fsp3) is 0.250. The van der Waals surface area contributed by atoms with Gasteiger partial charge in [-0.2, -0.15) is 0 Å². The largest absolute Gasteiger partial charge is 0.389 e. The average Bonchev–Trinajstić information content (AvgIpc) is 2.95. The van der Waals surface area contributed by atoms with E-state index in [4.69, 9.17) is 0 Å². The molecule has 1 N–H and O–H groups in total. The second-order valence-corrected chi connectivity index (χ2v) is 5.31. The highest BCUT2D eigenvalue weighted by atomic mass is 16.3. The van der Waals surface area contributed by atoms with Crippen molar-refractivity contribution < 1.29 is 9.90 Å². The van der Waals surface area contributed by atoms with E-state index in [1.54, 1.807) is 19.1 Å². The van der Waals surface area contributed by atoms with Crippen LogP contribution >= 0.6 is 0 Å². The Kier molecular flexibility index (Phi) is 2.54. The molecule has 1 saturated carbocycles. The van der Waals surface area contributed by atoms with Crippen molar-refractivity contribution in [3.05, 3.63) is 60.2 Å². The van der Waals surface area contributed by atoms with Crippen molar-refractivity contribution in [3.8, 4) is 0 Å². The Balaban J connectivity index is 1.94. The maximum atomic E-state index is 12.1. The lowest BCUT2D eigenvalue weighted by atomic mass is 9.91. The van der Waals surface area contributed by atoms with E-state index in [2.05, 4.69) is 4.99 Å². The third kappa shape index (κ3) is 1.87. The summed E-state index contributed by atoms with van der Waals surface area (Å²) in [5.74, 6) is -0.266. The van der Waals surface area contributed by atoms with E-state index in [-0.39, 0.29) is 5.91 Å². The molecule has 0 aliphatic heterocycles. The topological polar surface area (TPSA) is 49.7 Å². The van der Waals surface area contributed by atoms with E-state index in [1.165, 1.54) is 0 Å². The molecule has 2 aliphatic carbocycles. The minimum atomic E-state index is -0.802. The summed E-state index contributed by atoms with van der Waals surface area (Å²) in [4.78, 5) is 16.3. The summed E-state index contributed by atoms with van der Waals surface area (Å²) in [5.41, 5.74) is -0.0711. The number of nitrogens with zero attached hydrogens (tertiary/aromatic N) is 1. The molecule has 1 fully saturated rings. The predicted molar refractivity (Wildman–Crippen MR) is 74.2 cm³/mol. The molecule has 0 bridgehead atoms. The van der Waals surface area contributed by atoms with Gasteiger partial charge in [-0.25, -0.2) is 4.99 Å². The zero-order valence-electron chi connectivity index (χ0n) is 10.7. The molecule has 1 aromatic rings. The fourth-order valence-corrected chi connectivity index (χ4v) is 2.60. The summed E-state index contributed by atoms with van der Waals surface area (Å²) in [6, 6.07) is 8.97. The molecular weight excluding hydrogens is 238 g/mol. The van der Waals surface area contributed by atoms with Gasteiger partial charge in [0.1, 0.15) is 0 Å². The first-order chi connectivity index (χ1) is 9.05. The predicted octanol–water partition coefficient (Wildman–Crippen LogP) is 2.53. The van der Waals surface area contributed by atoms with E-state index in [0.717, 1.165) is 0 Å². The first kappa shape index (κ1) is 12.1. The molecule has 19 heavy (non-hydrogen) atoms. The summed E-state index contributed by atoms with van der Waals surface area (Å²) >= 11 is 0. The number of allylic oxidation sites excluding steroid dienone is 3. The van der Waals surface area contributed by atoms with E-state index in [0.29, 0.717) is 17.7 Å². The SMILES string of the molecule is CC1(O)CC12C=CC=CC2=NC(=O)c1ccccc1. The lowest BCUT2D eigenvalue weighted by molar-refractivity contribution is 0.100. The van der Waals surface area contributed by atoms with Crippen molar-refractivity contribution in [3.63, 3.8) is 0 Å². The van der Waals surface area contributed by atoms with Gasteiger partial charge in [0.2, 0.25) is 0 Å². The van der Waals surface area contributed by atoms with Gasteiger partial charge in [-0.15, -0.1) is 0 Å². The maximum Gasteiger partial charge on any atom is 0.277 e. The molecule has 3 nitrogen and oxygen atoms in total. The molecule has 0 heterocycles. The molecule has 3 rings (SSSR count). The highest BCUT2D eigenvalue weighted by Crippen LogP contribution is 2.59. The third-order valence-corrected chi connectivity index (χ3v) is 3.90. The molecule has 96 valence electrons. The Hall–Kier alpha value is -2.00. The van der Waals surface area contributed by atoms with Crippen LogP contribution in [-0.4, -0.2) is 22.3 Å². The number of hydrogen-bond acceptors (Lipinski definition) is 2. The van der Waals surface area contributed by atoms with Crippen LogP contribution in [-0.2, 0) is 0 Å². The van der Waals surface area contributed by atoms with E-state index >= 15 is 0 Å². The van der Waals surface area contributed by atoms with Gasteiger partial charge >= 0.3 is 0 Å². The number of aliphatic imine (C=N–C) groups is 1. The summed E-state index contributed by atoms with van der Waals surface area (Å²) < 4.78 is 0. The quantitative estimate of drug-likeness (QED) is 0.836. The molecule has 0 saturated heterocycles. The van der Waals surface area contributed by atoms with Crippen molar-refractivity contribution >= 4 is 11.6 Å². The van der Waals surface area contributed by atoms with Crippen molar-refractivity contribution in [2.75, 3.05) is 0 Å².